The molecule has 1 aliphatic carbocycles. The van der Waals surface area contributed by atoms with Crippen molar-refractivity contribution in [2.45, 2.75) is 43.3 Å². The zero-order chi connectivity index (χ0) is 19.5. The molecule has 27 heavy (non-hydrogen) atoms. The van der Waals surface area contributed by atoms with Crippen LogP contribution in [0.15, 0.2) is 48.5 Å². The van der Waals surface area contributed by atoms with Crippen LogP contribution in [0.25, 0.3) is 0 Å². The molecule has 0 saturated heterocycles. The van der Waals surface area contributed by atoms with Gasteiger partial charge >= 0.3 is 6.18 Å². The van der Waals surface area contributed by atoms with Gasteiger partial charge in [-0.15, -0.1) is 0 Å². The van der Waals surface area contributed by atoms with Crippen LogP contribution in [0.3, 0.4) is 0 Å². The molecule has 0 aromatic heterocycles. The van der Waals surface area contributed by atoms with Crippen LogP contribution in [0, 0.1) is 0 Å². The highest BCUT2D eigenvalue weighted by molar-refractivity contribution is 5.31. The lowest BCUT2D eigenvalue weighted by Gasteiger charge is -2.21. The molecule has 3 N–H and O–H groups in total. The van der Waals surface area contributed by atoms with Crippen LogP contribution in [0.4, 0.5) is 13.2 Å². The summed E-state index contributed by atoms with van der Waals surface area (Å²) in [6, 6.07) is 13.0. The van der Waals surface area contributed by atoms with Crippen molar-refractivity contribution in [3.05, 3.63) is 65.2 Å². The largest absolute Gasteiger partial charge is 0.493 e. The predicted molar refractivity (Wildman–Crippen MR) is 97.7 cm³/mol. The number of halogens is 3. The first-order valence-electron chi connectivity index (χ1n) is 9.08. The van der Waals surface area contributed by atoms with E-state index in [0.717, 1.165) is 31.4 Å². The molecule has 0 radical (unpaired) electrons. The fourth-order valence-electron chi connectivity index (χ4n) is 3.61. The molecule has 146 valence electrons. The zero-order valence-electron chi connectivity index (χ0n) is 15.0. The number of rotatable bonds is 6. The number of aliphatic hydroxyl groups is 1. The second kappa shape index (κ2) is 7.90. The molecule has 0 amide bonds. The molecule has 0 aliphatic heterocycles. The van der Waals surface area contributed by atoms with Crippen LogP contribution < -0.4 is 10.5 Å². The van der Waals surface area contributed by atoms with Gasteiger partial charge in [0.1, 0.15) is 5.75 Å². The zero-order valence-corrected chi connectivity index (χ0v) is 15.0. The van der Waals surface area contributed by atoms with E-state index in [-0.39, 0.29) is 6.61 Å². The normalized spacial score (nSPS) is 22.8. The molecule has 0 heterocycles. The third-order valence-electron chi connectivity index (χ3n) is 5.22. The maximum Gasteiger partial charge on any atom is 0.416 e. The summed E-state index contributed by atoms with van der Waals surface area (Å²) in [4.78, 5) is 0. The first-order chi connectivity index (χ1) is 12.8. The fourth-order valence-corrected chi connectivity index (χ4v) is 3.61. The van der Waals surface area contributed by atoms with Gasteiger partial charge in [0.25, 0.3) is 0 Å². The van der Waals surface area contributed by atoms with Crippen molar-refractivity contribution >= 4 is 0 Å². The van der Waals surface area contributed by atoms with E-state index < -0.39 is 17.3 Å². The molecule has 3 rings (SSSR count). The lowest BCUT2D eigenvalue weighted by molar-refractivity contribution is -0.137. The van der Waals surface area contributed by atoms with Crippen LogP contribution >= 0.6 is 0 Å². The van der Waals surface area contributed by atoms with Crippen molar-refractivity contribution in [2.75, 3.05) is 13.2 Å². The minimum atomic E-state index is -4.33. The Morgan fingerprint density at radius 3 is 2.52 bits per heavy atom. The molecule has 0 bridgehead atoms. The Bertz CT molecular complexity index is 761. The van der Waals surface area contributed by atoms with Crippen LogP contribution in [0.2, 0.25) is 0 Å². The monoisotopic (exact) mass is 379 g/mol. The maximum absolute atomic E-state index is 12.7. The molecule has 3 nitrogen and oxygen atoms in total. The van der Waals surface area contributed by atoms with E-state index in [0.29, 0.717) is 30.3 Å². The highest BCUT2D eigenvalue weighted by Gasteiger charge is 2.35. The van der Waals surface area contributed by atoms with Gasteiger partial charge in [-0.2, -0.15) is 13.2 Å². The summed E-state index contributed by atoms with van der Waals surface area (Å²) in [5, 5.41) is 9.38. The van der Waals surface area contributed by atoms with E-state index in [1.54, 1.807) is 6.07 Å². The Balaban J connectivity index is 1.53. The van der Waals surface area contributed by atoms with E-state index in [4.69, 9.17) is 10.5 Å². The Labute approximate surface area is 157 Å². The summed E-state index contributed by atoms with van der Waals surface area (Å²) in [5.41, 5.74) is 6.77. The van der Waals surface area contributed by atoms with Crippen molar-refractivity contribution in [1.29, 1.82) is 0 Å². The third-order valence-corrected chi connectivity index (χ3v) is 5.22. The second-order valence-corrected chi connectivity index (χ2v) is 7.33. The minimum absolute atomic E-state index is 0.000232. The van der Waals surface area contributed by atoms with E-state index in [9.17, 15) is 18.3 Å². The molecule has 2 aromatic carbocycles. The van der Waals surface area contributed by atoms with Gasteiger partial charge in [-0.25, -0.2) is 0 Å². The lowest BCUT2D eigenvalue weighted by atomic mass is 9.94. The quantitative estimate of drug-likeness (QED) is 0.788. The Hall–Kier alpha value is -2.05. The van der Waals surface area contributed by atoms with Gasteiger partial charge in [-0.05, 0) is 54.5 Å². The summed E-state index contributed by atoms with van der Waals surface area (Å²) >= 11 is 0. The number of nitrogens with two attached hydrogens (primary N) is 1. The molecule has 6 heteroatoms. The Morgan fingerprint density at radius 2 is 1.89 bits per heavy atom. The topological polar surface area (TPSA) is 55.5 Å². The van der Waals surface area contributed by atoms with Crippen LogP contribution in [0.5, 0.6) is 5.75 Å². The predicted octanol–water partition coefficient (Wildman–Crippen LogP) is 4.28. The standard InChI is InChI=1S/C21H24F3NO2/c22-21(23,24)18-3-1-2-15(12-18)9-11-27-19-6-4-16(5-7-19)17-8-10-20(25,13-17)14-26/h1-7,12,17,26H,8-11,13-14,25H2/t17-,20+/m1/s1. The summed E-state index contributed by atoms with van der Waals surface area (Å²) in [7, 11) is 0. The van der Waals surface area contributed by atoms with Gasteiger partial charge in [0.2, 0.25) is 0 Å². The molecule has 2 atom stereocenters. The molecular weight excluding hydrogens is 355 g/mol. The SMILES string of the molecule is N[C@@]1(CO)CC[C@@H](c2ccc(OCCc3cccc(C(F)(F)F)c3)cc2)C1. The van der Waals surface area contributed by atoms with Crippen LogP contribution in [-0.2, 0) is 12.6 Å². The number of benzene rings is 2. The Morgan fingerprint density at radius 1 is 1.15 bits per heavy atom. The number of ether oxygens (including phenoxy) is 1. The minimum Gasteiger partial charge on any atom is -0.493 e. The van der Waals surface area contributed by atoms with Gasteiger partial charge in [-0.1, -0.05) is 30.3 Å². The number of aliphatic hydroxyl groups excluding tert-OH is 1. The van der Waals surface area contributed by atoms with E-state index >= 15 is 0 Å². The molecule has 0 spiro atoms. The fraction of sp³-hybridized carbons (Fsp3) is 0.429. The average molecular weight is 379 g/mol. The van der Waals surface area contributed by atoms with Crippen molar-refractivity contribution in [1.82, 2.24) is 0 Å². The first-order valence-corrected chi connectivity index (χ1v) is 9.08. The average Bonchev–Trinajstić information content (AvgIpc) is 3.05. The van der Waals surface area contributed by atoms with E-state index in [1.165, 1.54) is 11.6 Å². The molecular formula is C21H24F3NO2. The third kappa shape index (κ3) is 5.02. The first kappa shape index (κ1) is 19.7. The van der Waals surface area contributed by atoms with Gasteiger partial charge in [0.05, 0.1) is 18.8 Å². The highest BCUT2D eigenvalue weighted by atomic mass is 19.4. The smallest absolute Gasteiger partial charge is 0.416 e. The summed E-state index contributed by atoms with van der Waals surface area (Å²) in [5.74, 6) is 1.02. The Kier molecular flexibility index (Phi) is 5.77. The van der Waals surface area contributed by atoms with Crippen molar-refractivity contribution in [2.24, 2.45) is 5.73 Å². The van der Waals surface area contributed by atoms with Crippen LogP contribution in [0.1, 0.15) is 41.9 Å². The molecule has 1 saturated carbocycles. The van der Waals surface area contributed by atoms with Crippen LogP contribution in [-0.4, -0.2) is 23.9 Å². The van der Waals surface area contributed by atoms with Crippen molar-refractivity contribution in [3.63, 3.8) is 0 Å². The highest BCUT2D eigenvalue weighted by Crippen LogP contribution is 2.39. The number of hydrogen-bond acceptors (Lipinski definition) is 3. The van der Waals surface area contributed by atoms with Gasteiger partial charge < -0.3 is 15.6 Å². The van der Waals surface area contributed by atoms with E-state index in [2.05, 4.69) is 0 Å². The van der Waals surface area contributed by atoms with Gasteiger partial charge in [-0.3, -0.25) is 0 Å². The van der Waals surface area contributed by atoms with Crippen molar-refractivity contribution in [3.8, 4) is 5.75 Å². The van der Waals surface area contributed by atoms with Gasteiger partial charge in [0, 0.05) is 12.0 Å². The molecule has 1 fully saturated rings. The summed E-state index contributed by atoms with van der Waals surface area (Å²) in [6.45, 7) is 0.306. The number of alkyl halides is 3. The van der Waals surface area contributed by atoms with E-state index in [1.807, 2.05) is 24.3 Å². The number of hydrogen-bond donors (Lipinski definition) is 2. The maximum atomic E-state index is 12.7. The lowest BCUT2D eigenvalue weighted by Crippen LogP contribution is -2.40. The molecule has 1 aliphatic rings. The second-order valence-electron chi connectivity index (χ2n) is 7.33. The van der Waals surface area contributed by atoms with Gasteiger partial charge in [0.15, 0.2) is 0 Å². The summed E-state index contributed by atoms with van der Waals surface area (Å²) < 4.78 is 43.9. The van der Waals surface area contributed by atoms with Crippen molar-refractivity contribution < 1.29 is 23.0 Å². The molecule has 0 unspecified atom stereocenters. The molecule has 2 aromatic rings. The summed E-state index contributed by atoms with van der Waals surface area (Å²) in [6.07, 6.45) is -1.40.